The third kappa shape index (κ3) is 4.49. The molecule has 4 saturated carbocycles. The van der Waals surface area contributed by atoms with Crippen LogP contribution in [0.4, 0.5) is 5.69 Å². The van der Waals surface area contributed by atoms with Gasteiger partial charge in [-0.3, -0.25) is 4.79 Å². The molecule has 0 spiro atoms. The molecule has 5 fully saturated rings. The van der Waals surface area contributed by atoms with Gasteiger partial charge < -0.3 is 25.2 Å². The molecule has 1 saturated heterocycles. The second kappa shape index (κ2) is 9.00. The topological polar surface area (TPSA) is 166 Å². The number of nitrogens with zero attached hydrogens (tertiary/aromatic N) is 4. The number of hydrogen-bond acceptors (Lipinski definition) is 9. The molecule has 1 aliphatic heterocycles. The lowest BCUT2D eigenvalue weighted by Gasteiger charge is -2.58. The van der Waals surface area contributed by atoms with E-state index in [0.717, 1.165) is 48.8 Å². The van der Waals surface area contributed by atoms with E-state index in [1.807, 2.05) is 12.3 Å². The summed E-state index contributed by atoms with van der Waals surface area (Å²) in [7, 11) is -3.24. The molecular formula is C26H33N7O5S. The van der Waals surface area contributed by atoms with Crippen molar-refractivity contribution in [3.63, 3.8) is 0 Å². The number of hydrogen-bond donors (Lipinski definition) is 4. The molecule has 5 aliphatic rings. The summed E-state index contributed by atoms with van der Waals surface area (Å²) in [4.78, 5) is 25.0. The third-order valence-corrected chi connectivity index (χ3v) is 10.6. The minimum atomic E-state index is -3.24. The van der Waals surface area contributed by atoms with Crippen LogP contribution >= 0.6 is 0 Å². The van der Waals surface area contributed by atoms with E-state index in [4.69, 9.17) is 4.52 Å². The number of carbonyl (C=O) groups excluding carboxylic acids is 1. The molecule has 4 aliphatic carbocycles. The Morgan fingerprint density at radius 2 is 1.95 bits per heavy atom. The SMILES string of the molecule is CS(=O)(=O)N1CCC(NC(=O)c2noc(-c3cnc4[nH]ccc4c3NC3[C@@H]4CC5C[C@H]3CC(O)(C5)C4)n2)CC1. The smallest absolute Gasteiger partial charge is 0.292 e. The van der Waals surface area contributed by atoms with Crippen LogP contribution in [-0.4, -0.2) is 80.9 Å². The lowest BCUT2D eigenvalue weighted by molar-refractivity contribution is -0.129. The summed E-state index contributed by atoms with van der Waals surface area (Å²) >= 11 is 0. The van der Waals surface area contributed by atoms with Crippen LogP contribution in [-0.2, 0) is 10.0 Å². The van der Waals surface area contributed by atoms with Gasteiger partial charge in [0.15, 0.2) is 0 Å². The maximum Gasteiger partial charge on any atom is 0.292 e. The maximum absolute atomic E-state index is 12.9. The van der Waals surface area contributed by atoms with Gasteiger partial charge in [-0.1, -0.05) is 5.16 Å². The summed E-state index contributed by atoms with van der Waals surface area (Å²) in [6.45, 7) is 0.722. The number of rotatable bonds is 6. The van der Waals surface area contributed by atoms with Crippen molar-refractivity contribution in [2.75, 3.05) is 24.7 Å². The highest BCUT2D eigenvalue weighted by Gasteiger charge is 2.54. The second-order valence-electron chi connectivity index (χ2n) is 12.0. The first-order valence-electron chi connectivity index (χ1n) is 13.7. The molecule has 5 atom stereocenters. The van der Waals surface area contributed by atoms with Crippen LogP contribution in [0.1, 0.15) is 55.6 Å². The first kappa shape index (κ1) is 25.0. The lowest BCUT2D eigenvalue weighted by Crippen LogP contribution is -2.59. The molecule has 0 radical (unpaired) electrons. The summed E-state index contributed by atoms with van der Waals surface area (Å²) in [5.41, 5.74) is 1.69. The number of aromatic amines is 1. The Morgan fingerprint density at radius 3 is 2.64 bits per heavy atom. The van der Waals surface area contributed by atoms with Gasteiger partial charge in [-0.15, -0.1) is 0 Å². The first-order chi connectivity index (χ1) is 18.6. The quantitative estimate of drug-likeness (QED) is 0.356. The molecular weight excluding hydrogens is 522 g/mol. The Morgan fingerprint density at radius 1 is 1.21 bits per heavy atom. The zero-order chi connectivity index (χ0) is 26.9. The van der Waals surface area contributed by atoms with Crippen molar-refractivity contribution >= 4 is 32.7 Å². The number of aromatic nitrogens is 4. The normalized spacial score (nSPS) is 31.1. The Bertz CT molecular complexity index is 1510. The zero-order valence-electron chi connectivity index (χ0n) is 21.8. The van der Waals surface area contributed by atoms with Gasteiger partial charge in [-0.05, 0) is 68.8 Å². The van der Waals surface area contributed by atoms with Crippen molar-refractivity contribution < 1.29 is 22.8 Å². The van der Waals surface area contributed by atoms with E-state index in [1.165, 1.54) is 10.6 Å². The molecule has 3 aromatic rings. The zero-order valence-corrected chi connectivity index (χ0v) is 22.6. The van der Waals surface area contributed by atoms with E-state index in [9.17, 15) is 18.3 Å². The highest BCUT2D eigenvalue weighted by atomic mass is 32.2. The molecule has 3 unspecified atom stereocenters. The molecule has 4 N–H and O–H groups in total. The summed E-state index contributed by atoms with van der Waals surface area (Å²) in [6.07, 6.45) is 10.6. The molecule has 39 heavy (non-hydrogen) atoms. The minimum absolute atomic E-state index is 0.0764. The molecule has 208 valence electrons. The Hall–Kier alpha value is -3.03. The second-order valence-corrected chi connectivity index (χ2v) is 14.0. The molecule has 4 heterocycles. The number of pyridine rings is 1. The van der Waals surface area contributed by atoms with E-state index < -0.39 is 21.5 Å². The average molecular weight is 556 g/mol. The predicted octanol–water partition coefficient (Wildman–Crippen LogP) is 2.12. The number of amides is 1. The Labute approximate surface area is 226 Å². The van der Waals surface area contributed by atoms with Gasteiger partial charge in [0.05, 0.1) is 23.1 Å². The van der Waals surface area contributed by atoms with Crippen LogP contribution < -0.4 is 10.6 Å². The fourth-order valence-electron chi connectivity index (χ4n) is 7.72. The average Bonchev–Trinajstić information content (AvgIpc) is 3.55. The van der Waals surface area contributed by atoms with Crippen LogP contribution in [0.15, 0.2) is 23.0 Å². The molecule has 4 bridgehead atoms. The van der Waals surface area contributed by atoms with Gasteiger partial charge in [-0.2, -0.15) is 4.98 Å². The van der Waals surface area contributed by atoms with Crippen LogP contribution in [0, 0.1) is 17.8 Å². The Balaban J connectivity index is 1.12. The molecule has 3 aromatic heterocycles. The molecule has 13 heteroatoms. The van der Waals surface area contributed by atoms with Crippen molar-refractivity contribution in [2.24, 2.45) is 17.8 Å². The van der Waals surface area contributed by atoms with Gasteiger partial charge in [0.25, 0.3) is 17.6 Å². The number of fused-ring (bicyclic) bond motifs is 1. The number of anilines is 1. The standard InChI is InChI=1S/C26H33N7O5S/c1-39(36,37)33-6-3-17(4-7-33)29-24(34)23-31-25(38-32-23)19-13-28-22-18(2-5-27-22)21(19)30-20-15-8-14-9-16(20)12-26(35,10-14)11-15/h2,5,13-17,20,35H,3-4,6-12H2,1H3,(H,29,34)(H2,27,28,30)/t14?,15-,16+,20?,26?. The van der Waals surface area contributed by atoms with E-state index in [0.29, 0.717) is 49.2 Å². The van der Waals surface area contributed by atoms with Gasteiger partial charge in [-0.25, -0.2) is 17.7 Å². The highest BCUT2D eigenvalue weighted by Crippen LogP contribution is 2.56. The summed E-state index contributed by atoms with van der Waals surface area (Å²) < 4.78 is 30.5. The van der Waals surface area contributed by atoms with Gasteiger partial charge in [0.2, 0.25) is 10.0 Å². The number of piperidine rings is 1. The fraction of sp³-hybridized carbons (Fsp3) is 0.615. The first-order valence-corrected chi connectivity index (χ1v) is 15.6. The van der Waals surface area contributed by atoms with E-state index in [-0.39, 0.29) is 23.8 Å². The van der Waals surface area contributed by atoms with E-state index in [2.05, 4.69) is 30.7 Å². The number of carbonyl (C=O) groups is 1. The Kier molecular flexibility index (Phi) is 5.76. The summed E-state index contributed by atoms with van der Waals surface area (Å²) in [5, 5.41) is 22.6. The maximum atomic E-state index is 12.9. The van der Waals surface area contributed by atoms with Gasteiger partial charge in [0.1, 0.15) is 5.65 Å². The number of H-pyrrole nitrogens is 1. The van der Waals surface area contributed by atoms with Gasteiger partial charge >= 0.3 is 0 Å². The van der Waals surface area contributed by atoms with Crippen LogP contribution in [0.2, 0.25) is 0 Å². The molecule has 8 rings (SSSR count). The summed E-state index contributed by atoms with van der Waals surface area (Å²) in [5.74, 6) is 1.07. The highest BCUT2D eigenvalue weighted by molar-refractivity contribution is 7.88. The molecule has 12 nitrogen and oxygen atoms in total. The van der Waals surface area contributed by atoms with Crippen molar-refractivity contribution in [2.45, 2.75) is 62.6 Å². The monoisotopic (exact) mass is 555 g/mol. The lowest BCUT2D eigenvalue weighted by atomic mass is 9.52. The van der Waals surface area contributed by atoms with E-state index in [1.54, 1.807) is 6.20 Å². The third-order valence-electron chi connectivity index (χ3n) is 9.26. The summed E-state index contributed by atoms with van der Waals surface area (Å²) in [6, 6.07) is 2.02. The minimum Gasteiger partial charge on any atom is -0.390 e. The van der Waals surface area contributed by atoms with Crippen molar-refractivity contribution in [1.82, 2.24) is 29.7 Å². The van der Waals surface area contributed by atoms with Crippen LogP contribution in [0.5, 0.6) is 0 Å². The number of sulfonamides is 1. The largest absolute Gasteiger partial charge is 0.390 e. The van der Waals surface area contributed by atoms with Crippen molar-refractivity contribution in [1.29, 1.82) is 0 Å². The predicted molar refractivity (Wildman–Crippen MR) is 142 cm³/mol. The fourth-order valence-corrected chi connectivity index (χ4v) is 8.59. The number of aliphatic hydroxyl groups is 1. The van der Waals surface area contributed by atoms with E-state index >= 15 is 0 Å². The van der Waals surface area contributed by atoms with Crippen LogP contribution in [0.3, 0.4) is 0 Å². The molecule has 1 amide bonds. The van der Waals surface area contributed by atoms with Crippen molar-refractivity contribution in [3.05, 3.63) is 24.3 Å². The van der Waals surface area contributed by atoms with Crippen molar-refractivity contribution in [3.8, 4) is 11.5 Å². The molecule has 0 aromatic carbocycles. The van der Waals surface area contributed by atoms with Gasteiger partial charge in [0, 0.05) is 43.0 Å². The number of nitrogens with one attached hydrogen (secondary N) is 3. The van der Waals surface area contributed by atoms with Crippen LogP contribution in [0.25, 0.3) is 22.5 Å².